The molecule has 2 aliphatic heterocycles. The molecule has 0 aromatic heterocycles. The molecule has 2 heterocycles. The molecule has 2 aliphatic rings. The quantitative estimate of drug-likeness (QED) is 0.521. The fourth-order valence-electron chi connectivity index (χ4n) is 4.78. The molecule has 2 aromatic carbocycles. The molecule has 5 nitrogen and oxygen atoms in total. The lowest BCUT2D eigenvalue weighted by atomic mass is 9.86. The van der Waals surface area contributed by atoms with E-state index in [-0.39, 0.29) is 36.2 Å². The molecule has 2 fully saturated rings. The fraction of sp³-hybridized carbons (Fsp3) is 0.480. The summed E-state index contributed by atoms with van der Waals surface area (Å²) in [6.07, 6.45) is -3.05. The van der Waals surface area contributed by atoms with Gasteiger partial charge in [0, 0.05) is 31.3 Å². The summed E-state index contributed by atoms with van der Waals surface area (Å²) in [5.41, 5.74) is -0.666. The van der Waals surface area contributed by atoms with E-state index in [0.29, 0.717) is 50.6 Å². The Morgan fingerprint density at radius 3 is 2.60 bits per heavy atom. The zero-order valence-corrected chi connectivity index (χ0v) is 20.9. The van der Waals surface area contributed by atoms with Crippen LogP contribution in [0.4, 0.5) is 13.2 Å². The van der Waals surface area contributed by atoms with Gasteiger partial charge in [0.05, 0.1) is 11.6 Å². The van der Waals surface area contributed by atoms with Crippen LogP contribution in [0.5, 0.6) is 5.75 Å². The molecule has 0 aliphatic carbocycles. The molecule has 192 valence electrons. The van der Waals surface area contributed by atoms with Crippen molar-refractivity contribution in [3.05, 3.63) is 64.7 Å². The average Bonchev–Trinajstić information content (AvgIpc) is 3.28. The number of nitrogens with one attached hydrogen (secondary N) is 1. The van der Waals surface area contributed by atoms with Gasteiger partial charge in [-0.05, 0) is 56.0 Å². The Labute approximate surface area is 214 Å². The lowest BCUT2D eigenvalue weighted by molar-refractivity contribution is -0.141. The summed E-state index contributed by atoms with van der Waals surface area (Å²) < 4.78 is 50.6. The first-order valence-corrected chi connectivity index (χ1v) is 11.8. The number of alkyl halides is 3. The van der Waals surface area contributed by atoms with Crippen molar-refractivity contribution < 1.29 is 27.4 Å². The minimum atomic E-state index is -4.43. The van der Waals surface area contributed by atoms with Crippen molar-refractivity contribution in [1.29, 1.82) is 0 Å². The number of ether oxygens (including phenoxy) is 2. The molecule has 4 rings (SSSR count). The monoisotopic (exact) mass is 532 g/mol. The first-order valence-electron chi connectivity index (χ1n) is 11.4. The summed E-state index contributed by atoms with van der Waals surface area (Å²) in [5.74, 6) is 0.0856. The Morgan fingerprint density at radius 2 is 1.91 bits per heavy atom. The van der Waals surface area contributed by atoms with E-state index in [1.807, 2.05) is 25.1 Å². The van der Waals surface area contributed by atoms with Crippen LogP contribution in [-0.2, 0) is 15.7 Å². The smallest absolute Gasteiger partial charge is 0.416 e. The van der Waals surface area contributed by atoms with Crippen molar-refractivity contribution in [3.8, 4) is 5.75 Å². The maximum absolute atomic E-state index is 13.6. The highest BCUT2D eigenvalue weighted by Gasteiger charge is 2.48. The highest BCUT2D eigenvalue weighted by Crippen LogP contribution is 2.35. The second kappa shape index (κ2) is 11.4. The molecule has 1 amide bonds. The largest absolute Gasteiger partial charge is 0.489 e. The maximum atomic E-state index is 13.6. The molecule has 10 heteroatoms. The zero-order valence-electron chi connectivity index (χ0n) is 19.3. The van der Waals surface area contributed by atoms with E-state index in [2.05, 4.69) is 10.2 Å². The summed E-state index contributed by atoms with van der Waals surface area (Å²) >= 11 is 6.32. The van der Waals surface area contributed by atoms with E-state index < -0.39 is 17.3 Å². The number of rotatable bonds is 6. The lowest BCUT2D eigenvalue weighted by Gasteiger charge is -2.43. The highest BCUT2D eigenvalue weighted by atomic mass is 35.5. The minimum Gasteiger partial charge on any atom is -0.489 e. The number of carbonyl (C=O) groups excluding carboxylic acids is 1. The molecule has 0 radical (unpaired) electrons. The average molecular weight is 533 g/mol. The van der Waals surface area contributed by atoms with Gasteiger partial charge in [0.2, 0.25) is 5.91 Å². The molecule has 0 unspecified atom stereocenters. The van der Waals surface area contributed by atoms with Crippen molar-refractivity contribution in [2.45, 2.75) is 50.0 Å². The van der Waals surface area contributed by atoms with Gasteiger partial charge in [0.15, 0.2) is 0 Å². The highest BCUT2D eigenvalue weighted by molar-refractivity contribution is 6.31. The predicted molar refractivity (Wildman–Crippen MR) is 130 cm³/mol. The number of benzene rings is 2. The first-order chi connectivity index (χ1) is 16.2. The van der Waals surface area contributed by atoms with Gasteiger partial charge < -0.3 is 14.8 Å². The molecule has 0 bridgehead atoms. The first kappa shape index (κ1) is 27.6. The van der Waals surface area contributed by atoms with Crippen molar-refractivity contribution in [2.24, 2.45) is 0 Å². The third kappa shape index (κ3) is 6.23. The van der Waals surface area contributed by atoms with Gasteiger partial charge in [-0.15, -0.1) is 12.4 Å². The third-order valence-electron chi connectivity index (χ3n) is 6.68. The van der Waals surface area contributed by atoms with Crippen LogP contribution in [0.25, 0.3) is 0 Å². The van der Waals surface area contributed by atoms with Gasteiger partial charge in [-0.3, -0.25) is 9.69 Å². The van der Waals surface area contributed by atoms with Gasteiger partial charge >= 0.3 is 6.18 Å². The van der Waals surface area contributed by atoms with E-state index in [9.17, 15) is 18.0 Å². The van der Waals surface area contributed by atoms with Gasteiger partial charge in [0.25, 0.3) is 0 Å². The van der Waals surface area contributed by atoms with Crippen LogP contribution in [0.1, 0.15) is 43.4 Å². The molecule has 2 aromatic rings. The van der Waals surface area contributed by atoms with Crippen LogP contribution in [0.3, 0.4) is 0 Å². The summed E-state index contributed by atoms with van der Waals surface area (Å²) in [6, 6.07) is 12.0. The van der Waals surface area contributed by atoms with Crippen LogP contribution >= 0.6 is 24.0 Å². The number of hydrogen-bond donors (Lipinski definition) is 1. The molecule has 0 spiro atoms. The third-order valence-corrected chi connectivity index (χ3v) is 7.02. The molecular weight excluding hydrogens is 504 g/mol. The fourth-order valence-corrected chi connectivity index (χ4v) is 5.08. The van der Waals surface area contributed by atoms with Crippen LogP contribution < -0.4 is 10.1 Å². The Bertz CT molecular complexity index is 1020. The molecule has 2 atom stereocenters. The molecule has 2 saturated heterocycles. The van der Waals surface area contributed by atoms with E-state index >= 15 is 0 Å². The summed E-state index contributed by atoms with van der Waals surface area (Å²) in [4.78, 5) is 15.7. The van der Waals surface area contributed by atoms with Gasteiger partial charge in [0.1, 0.15) is 17.4 Å². The van der Waals surface area contributed by atoms with Gasteiger partial charge in [-0.25, -0.2) is 0 Å². The Hall–Kier alpha value is -2.00. The summed E-state index contributed by atoms with van der Waals surface area (Å²) in [6.45, 7) is 3.88. The standard InChI is InChI=1S/C25H28ClF3N2O3.ClH/c1-17(21-7-2-3-8-22(21)26)30-23(32)24(10-13-33-14-11-24)31-12-9-20(16-31)34-19-6-4-5-18(15-19)25(27,28)29;/h2-8,15,17,20H,9-14,16H2,1H3,(H,30,32);1H/t17-,20+;/m0./s1. The maximum Gasteiger partial charge on any atom is 0.416 e. The molecule has 0 saturated carbocycles. The topological polar surface area (TPSA) is 50.8 Å². The second-order valence-electron chi connectivity index (χ2n) is 8.86. The molecule has 35 heavy (non-hydrogen) atoms. The number of amides is 1. The number of hydrogen-bond acceptors (Lipinski definition) is 4. The van der Waals surface area contributed by atoms with E-state index in [1.54, 1.807) is 6.07 Å². The van der Waals surface area contributed by atoms with Crippen molar-refractivity contribution in [1.82, 2.24) is 10.2 Å². The Kier molecular flexibility index (Phi) is 8.96. The number of carbonyl (C=O) groups is 1. The zero-order chi connectivity index (χ0) is 24.3. The van der Waals surface area contributed by atoms with Crippen LogP contribution in [0.2, 0.25) is 5.02 Å². The minimum absolute atomic E-state index is 0. The predicted octanol–water partition coefficient (Wildman–Crippen LogP) is 5.66. The second-order valence-corrected chi connectivity index (χ2v) is 9.27. The van der Waals surface area contributed by atoms with E-state index in [4.69, 9.17) is 21.1 Å². The normalized spacial score (nSPS) is 21.1. The van der Waals surface area contributed by atoms with Gasteiger partial charge in [-0.1, -0.05) is 35.9 Å². The number of likely N-dealkylation sites (tertiary alicyclic amines) is 1. The number of nitrogens with zero attached hydrogens (tertiary/aromatic N) is 1. The van der Waals surface area contributed by atoms with Crippen LogP contribution in [0.15, 0.2) is 48.5 Å². The van der Waals surface area contributed by atoms with Crippen LogP contribution in [-0.4, -0.2) is 48.8 Å². The summed E-state index contributed by atoms with van der Waals surface area (Å²) in [7, 11) is 0. The van der Waals surface area contributed by atoms with Crippen molar-refractivity contribution >= 4 is 29.9 Å². The Morgan fingerprint density at radius 1 is 1.20 bits per heavy atom. The molecular formula is C25H29Cl2F3N2O3. The number of halogens is 5. The SMILES string of the molecule is C[C@H](NC(=O)C1(N2CC[C@@H](Oc3cccc(C(F)(F)F)c3)C2)CCOCC1)c1ccccc1Cl.Cl. The summed E-state index contributed by atoms with van der Waals surface area (Å²) in [5, 5.41) is 3.72. The van der Waals surface area contributed by atoms with Crippen molar-refractivity contribution in [2.75, 3.05) is 26.3 Å². The van der Waals surface area contributed by atoms with Crippen molar-refractivity contribution in [3.63, 3.8) is 0 Å². The van der Waals surface area contributed by atoms with Crippen LogP contribution in [0, 0.1) is 0 Å². The molecule has 1 N–H and O–H groups in total. The van der Waals surface area contributed by atoms with E-state index in [0.717, 1.165) is 17.7 Å². The van der Waals surface area contributed by atoms with Gasteiger partial charge in [-0.2, -0.15) is 13.2 Å². The Balaban J connectivity index is 0.00000342. The lowest BCUT2D eigenvalue weighted by Crippen LogP contribution is -2.61. The van der Waals surface area contributed by atoms with E-state index in [1.165, 1.54) is 12.1 Å².